The van der Waals surface area contributed by atoms with Gasteiger partial charge in [0.25, 0.3) is 0 Å². The van der Waals surface area contributed by atoms with Gasteiger partial charge in [0.05, 0.1) is 6.10 Å². The van der Waals surface area contributed by atoms with Gasteiger partial charge in [0.1, 0.15) is 0 Å². The highest BCUT2D eigenvalue weighted by atomic mass is 32.2. The molecule has 2 heteroatoms. The van der Waals surface area contributed by atoms with Crippen molar-refractivity contribution in [1.29, 1.82) is 0 Å². The highest BCUT2D eigenvalue weighted by molar-refractivity contribution is 7.99. The van der Waals surface area contributed by atoms with Crippen LogP contribution >= 0.6 is 11.8 Å². The summed E-state index contributed by atoms with van der Waals surface area (Å²) in [4.78, 5) is 1.22. The first-order valence-electron chi connectivity index (χ1n) is 5.55. The second kappa shape index (κ2) is 6.19. The molecule has 0 fully saturated rings. The number of rotatable bonds is 5. The molecule has 0 saturated carbocycles. The summed E-state index contributed by atoms with van der Waals surface area (Å²) in [6.07, 6.45) is 0.842. The first kappa shape index (κ1) is 12.6. The maximum Gasteiger partial charge on any atom is 0.0772 e. The highest BCUT2D eigenvalue weighted by Gasteiger charge is 2.08. The molecule has 0 aromatic heterocycles. The van der Waals surface area contributed by atoms with Gasteiger partial charge >= 0.3 is 0 Å². The third-order valence-corrected chi connectivity index (χ3v) is 4.01. The van der Waals surface area contributed by atoms with Crippen LogP contribution in [0.1, 0.15) is 38.9 Å². The van der Waals surface area contributed by atoms with Crippen molar-refractivity contribution in [3.8, 4) is 0 Å². The van der Waals surface area contributed by atoms with Crippen molar-refractivity contribution in [2.45, 2.75) is 38.2 Å². The van der Waals surface area contributed by atoms with Crippen LogP contribution in [-0.4, -0.2) is 10.9 Å². The van der Waals surface area contributed by atoms with E-state index in [1.165, 1.54) is 11.3 Å². The van der Waals surface area contributed by atoms with Gasteiger partial charge < -0.3 is 5.11 Å². The molecule has 2 atom stereocenters. The molecule has 0 aliphatic heterocycles. The van der Waals surface area contributed by atoms with E-state index in [-0.39, 0.29) is 6.10 Å². The molecule has 84 valence electrons. The maximum atomic E-state index is 9.61. The van der Waals surface area contributed by atoms with E-state index < -0.39 is 0 Å². The van der Waals surface area contributed by atoms with E-state index >= 15 is 0 Å². The van der Waals surface area contributed by atoms with Gasteiger partial charge in [-0.25, -0.2) is 0 Å². The molecule has 1 aromatic rings. The van der Waals surface area contributed by atoms with Gasteiger partial charge in [-0.15, -0.1) is 11.8 Å². The molecular weight excluding hydrogens is 204 g/mol. The van der Waals surface area contributed by atoms with Crippen LogP contribution in [0.15, 0.2) is 29.2 Å². The van der Waals surface area contributed by atoms with Gasteiger partial charge in [0, 0.05) is 10.6 Å². The molecule has 0 heterocycles. The second-order valence-electron chi connectivity index (χ2n) is 4.04. The predicted octanol–water partition coefficient (Wildman–Crippen LogP) is 3.88. The number of benzene rings is 1. The monoisotopic (exact) mass is 224 g/mol. The van der Waals surface area contributed by atoms with E-state index in [0.29, 0.717) is 0 Å². The Morgan fingerprint density at radius 1 is 1.27 bits per heavy atom. The summed E-state index contributed by atoms with van der Waals surface area (Å²) in [5, 5.41) is 9.61. The van der Waals surface area contributed by atoms with Crippen LogP contribution in [-0.2, 0) is 0 Å². The van der Waals surface area contributed by atoms with Gasteiger partial charge in [-0.05, 0) is 24.5 Å². The third kappa shape index (κ3) is 3.88. The molecule has 0 saturated heterocycles. The van der Waals surface area contributed by atoms with Gasteiger partial charge in [-0.1, -0.05) is 38.5 Å². The Bertz CT molecular complexity index is 296. The summed E-state index contributed by atoms with van der Waals surface area (Å²) in [6.45, 7) is 6.30. The maximum absolute atomic E-state index is 9.61. The standard InChI is InChI=1S/C13H20OS/c1-4-10(2)9-15-13-8-6-5-7-12(13)11(3)14/h5-8,10-11,14H,4,9H2,1-3H3/t10?,11-/m1/s1. The lowest BCUT2D eigenvalue weighted by Crippen LogP contribution is -1.98. The second-order valence-corrected chi connectivity index (χ2v) is 5.10. The summed E-state index contributed by atoms with van der Waals surface area (Å²) >= 11 is 1.85. The Morgan fingerprint density at radius 2 is 1.93 bits per heavy atom. The molecule has 0 radical (unpaired) electrons. The lowest BCUT2D eigenvalue weighted by Gasteiger charge is -2.13. The van der Waals surface area contributed by atoms with E-state index in [1.807, 2.05) is 36.9 Å². The van der Waals surface area contributed by atoms with Gasteiger partial charge in [0.15, 0.2) is 0 Å². The number of aliphatic hydroxyl groups is 1. The van der Waals surface area contributed by atoms with E-state index in [2.05, 4.69) is 19.9 Å². The normalized spacial score (nSPS) is 14.9. The van der Waals surface area contributed by atoms with Crippen molar-refractivity contribution in [1.82, 2.24) is 0 Å². The molecule has 0 aliphatic carbocycles. The fourth-order valence-corrected chi connectivity index (χ4v) is 2.59. The average molecular weight is 224 g/mol. The zero-order valence-corrected chi connectivity index (χ0v) is 10.6. The van der Waals surface area contributed by atoms with E-state index in [4.69, 9.17) is 0 Å². The summed E-state index contributed by atoms with van der Waals surface area (Å²) in [5.41, 5.74) is 1.05. The zero-order chi connectivity index (χ0) is 11.3. The van der Waals surface area contributed by atoms with Crippen molar-refractivity contribution in [3.05, 3.63) is 29.8 Å². The number of aliphatic hydroxyl groups excluding tert-OH is 1. The first-order valence-corrected chi connectivity index (χ1v) is 6.53. The van der Waals surface area contributed by atoms with Crippen molar-refractivity contribution in [3.63, 3.8) is 0 Å². The molecule has 1 aromatic carbocycles. The molecular formula is C13H20OS. The SMILES string of the molecule is CCC(C)CSc1ccccc1[C@@H](C)O. The van der Waals surface area contributed by atoms with Crippen LogP contribution in [0.2, 0.25) is 0 Å². The lowest BCUT2D eigenvalue weighted by molar-refractivity contribution is 0.196. The number of thioether (sulfide) groups is 1. The molecule has 1 rings (SSSR count). The largest absolute Gasteiger partial charge is 0.389 e. The minimum Gasteiger partial charge on any atom is -0.389 e. The Hall–Kier alpha value is -0.470. The summed E-state index contributed by atoms with van der Waals surface area (Å²) in [7, 11) is 0. The van der Waals surface area contributed by atoms with Crippen molar-refractivity contribution >= 4 is 11.8 Å². The number of hydrogen-bond donors (Lipinski definition) is 1. The molecule has 0 aliphatic rings. The summed E-state index contributed by atoms with van der Waals surface area (Å²) < 4.78 is 0. The zero-order valence-electron chi connectivity index (χ0n) is 9.73. The third-order valence-electron chi connectivity index (χ3n) is 2.59. The molecule has 15 heavy (non-hydrogen) atoms. The molecule has 1 N–H and O–H groups in total. The summed E-state index contributed by atoms with van der Waals surface area (Å²) in [6, 6.07) is 8.11. The summed E-state index contributed by atoms with van der Waals surface area (Å²) in [5.74, 6) is 1.86. The van der Waals surface area contributed by atoms with E-state index in [1.54, 1.807) is 0 Å². The van der Waals surface area contributed by atoms with Crippen LogP contribution in [0.3, 0.4) is 0 Å². The Morgan fingerprint density at radius 3 is 2.53 bits per heavy atom. The van der Waals surface area contributed by atoms with Crippen LogP contribution in [0, 0.1) is 5.92 Å². The van der Waals surface area contributed by atoms with E-state index in [0.717, 1.165) is 17.2 Å². The molecule has 1 unspecified atom stereocenters. The predicted molar refractivity (Wildman–Crippen MR) is 67.3 cm³/mol. The number of hydrogen-bond acceptors (Lipinski definition) is 2. The van der Waals surface area contributed by atoms with Crippen LogP contribution in [0.25, 0.3) is 0 Å². The topological polar surface area (TPSA) is 20.2 Å². The van der Waals surface area contributed by atoms with Gasteiger partial charge in [-0.3, -0.25) is 0 Å². The van der Waals surface area contributed by atoms with Crippen LogP contribution in [0.5, 0.6) is 0 Å². The van der Waals surface area contributed by atoms with Gasteiger partial charge in [0.2, 0.25) is 0 Å². The van der Waals surface area contributed by atoms with Crippen molar-refractivity contribution in [2.75, 3.05) is 5.75 Å². The Kier molecular flexibility index (Phi) is 5.20. The molecule has 1 nitrogen and oxygen atoms in total. The van der Waals surface area contributed by atoms with Gasteiger partial charge in [-0.2, -0.15) is 0 Å². The molecule has 0 amide bonds. The first-order chi connectivity index (χ1) is 7.15. The molecule has 0 spiro atoms. The van der Waals surface area contributed by atoms with E-state index in [9.17, 15) is 5.11 Å². The van der Waals surface area contributed by atoms with Crippen molar-refractivity contribution in [2.24, 2.45) is 5.92 Å². The smallest absolute Gasteiger partial charge is 0.0772 e. The van der Waals surface area contributed by atoms with Crippen molar-refractivity contribution < 1.29 is 5.11 Å². The van der Waals surface area contributed by atoms with Crippen LogP contribution < -0.4 is 0 Å². The minimum absolute atomic E-state index is 0.370. The average Bonchev–Trinajstić information content (AvgIpc) is 2.26. The fraction of sp³-hybridized carbons (Fsp3) is 0.538. The minimum atomic E-state index is -0.370. The quantitative estimate of drug-likeness (QED) is 0.766. The Balaban J connectivity index is 2.67. The highest BCUT2D eigenvalue weighted by Crippen LogP contribution is 2.29. The lowest BCUT2D eigenvalue weighted by atomic mass is 10.1. The Labute approximate surface area is 96.9 Å². The molecule has 0 bridgehead atoms. The fourth-order valence-electron chi connectivity index (χ4n) is 1.31. The van der Waals surface area contributed by atoms with Crippen LogP contribution in [0.4, 0.5) is 0 Å².